The highest BCUT2D eigenvalue weighted by molar-refractivity contribution is 5.99. The summed E-state index contributed by atoms with van der Waals surface area (Å²) in [5.74, 6) is 0. The molecule has 0 aliphatic carbocycles. The number of fused-ring (bicyclic) bond motifs is 1. The van der Waals surface area contributed by atoms with Gasteiger partial charge in [-0.15, -0.1) is 0 Å². The molecule has 0 radical (unpaired) electrons. The SMILES string of the molecule is Cc1ccc(Nc2ccc(N)c3ncccc23)cc1. The summed E-state index contributed by atoms with van der Waals surface area (Å²) in [6, 6.07) is 16.1. The zero-order valence-corrected chi connectivity index (χ0v) is 10.7. The number of aryl methyl sites for hydroxylation is 1. The lowest BCUT2D eigenvalue weighted by atomic mass is 10.1. The van der Waals surface area contributed by atoms with Crippen LogP contribution in [0.3, 0.4) is 0 Å². The van der Waals surface area contributed by atoms with Crippen molar-refractivity contribution in [2.45, 2.75) is 6.92 Å². The summed E-state index contributed by atoms with van der Waals surface area (Å²) in [5, 5.41) is 4.44. The van der Waals surface area contributed by atoms with Gasteiger partial charge in [-0.05, 0) is 43.3 Å². The predicted molar refractivity (Wildman–Crippen MR) is 80.6 cm³/mol. The molecular weight excluding hydrogens is 234 g/mol. The van der Waals surface area contributed by atoms with Gasteiger partial charge >= 0.3 is 0 Å². The van der Waals surface area contributed by atoms with Gasteiger partial charge in [-0.3, -0.25) is 4.98 Å². The lowest BCUT2D eigenvalue weighted by Gasteiger charge is -2.11. The molecule has 0 amide bonds. The maximum Gasteiger partial charge on any atom is 0.0951 e. The predicted octanol–water partition coefficient (Wildman–Crippen LogP) is 3.87. The standard InChI is InChI=1S/C16H15N3/c1-11-4-6-12(7-5-11)19-15-9-8-14(17)16-13(15)3-2-10-18-16/h2-10,19H,17H2,1H3. The summed E-state index contributed by atoms with van der Waals surface area (Å²) in [7, 11) is 0. The molecule has 0 saturated carbocycles. The van der Waals surface area contributed by atoms with Crippen molar-refractivity contribution in [3.8, 4) is 0 Å². The van der Waals surface area contributed by atoms with Crippen LogP contribution in [0.25, 0.3) is 10.9 Å². The quantitative estimate of drug-likeness (QED) is 0.678. The van der Waals surface area contributed by atoms with E-state index in [4.69, 9.17) is 5.73 Å². The number of nitrogen functional groups attached to an aromatic ring is 1. The third-order valence-electron chi connectivity index (χ3n) is 3.13. The van der Waals surface area contributed by atoms with E-state index in [2.05, 4.69) is 41.5 Å². The van der Waals surface area contributed by atoms with Gasteiger partial charge in [-0.1, -0.05) is 17.7 Å². The minimum atomic E-state index is 0.699. The summed E-state index contributed by atoms with van der Waals surface area (Å²) < 4.78 is 0. The molecule has 0 unspecified atom stereocenters. The van der Waals surface area contributed by atoms with Gasteiger partial charge in [0.15, 0.2) is 0 Å². The van der Waals surface area contributed by atoms with Crippen molar-refractivity contribution in [2.75, 3.05) is 11.1 Å². The number of nitrogens with two attached hydrogens (primary N) is 1. The summed E-state index contributed by atoms with van der Waals surface area (Å²) in [4.78, 5) is 4.33. The third kappa shape index (κ3) is 2.22. The summed E-state index contributed by atoms with van der Waals surface area (Å²) >= 11 is 0. The second kappa shape index (κ2) is 4.61. The zero-order valence-electron chi connectivity index (χ0n) is 10.7. The van der Waals surface area contributed by atoms with E-state index in [-0.39, 0.29) is 0 Å². The molecule has 0 atom stereocenters. The normalized spacial score (nSPS) is 10.6. The van der Waals surface area contributed by atoms with E-state index in [1.807, 2.05) is 24.3 Å². The van der Waals surface area contributed by atoms with Crippen LogP contribution in [0.2, 0.25) is 0 Å². The molecule has 94 valence electrons. The number of benzene rings is 2. The second-order valence-corrected chi connectivity index (χ2v) is 4.59. The zero-order chi connectivity index (χ0) is 13.2. The Morgan fingerprint density at radius 3 is 2.58 bits per heavy atom. The monoisotopic (exact) mass is 249 g/mol. The molecule has 2 aromatic carbocycles. The number of pyridine rings is 1. The minimum absolute atomic E-state index is 0.699. The van der Waals surface area contributed by atoms with Crippen LogP contribution in [0.1, 0.15) is 5.56 Å². The molecule has 0 spiro atoms. The van der Waals surface area contributed by atoms with Gasteiger partial charge in [0.1, 0.15) is 0 Å². The van der Waals surface area contributed by atoms with E-state index in [1.165, 1.54) is 5.56 Å². The first-order valence-electron chi connectivity index (χ1n) is 6.21. The molecular formula is C16H15N3. The van der Waals surface area contributed by atoms with Crippen LogP contribution < -0.4 is 11.1 Å². The molecule has 1 aromatic heterocycles. The Hall–Kier alpha value is -2.55. The van der Waals surface area contributed by atoms with Gasteiger partial charge in [0, 0.05) is 23.0 Å². The van der Waals surface area contributed by atoms with Gasteiger partial charge in [-0.25, -0.2) is 0 Å². The first kappa shape index (κ1) is 11.5. The molecule has 3 aromatic rings. The fourth-order valence-corrected chi connectivity index (χ4v) is 2.10. The van der Waals surface area contributed by atoms with Crippen molar-refractivity contribution in [3.63, 3.8) is 0 Å². The molecule has 3 rings (SSSR count). The second-order valence-electron chi connectivity index (χ2n) is 4.59. The highest BCUT2D eigenvalue weighted by Crippen LogP contribution is 2.28. The van der Waals surface area contributed by atoms with E-state index in [0.29, 0.717) is 5.69 Å². The van der Waals surface area contributed by atoms with E-state index in [9.17, 15) is 0 Å². The van der Waals surface area contributed by atoms with Crippen LogP contribution in [-0.2, 0) is 0 Å². The molecule has 3 heteroatoms. The minimum Gasteiger partial charge on any atom is -0.397 e. The topological polar surface area (TPSA) is 50.9 Å². The Morgan fingerprint density at radius 1 is 1.00 bits per heavy atom. The fraction of sp³-hybridized carbons (Fsp3) is 0.0625. The number of nitrogens with zero attached hydrogens (tertiary/aromatic N) is 1. The average molecular weight is 249 g/mol. The lowest BCUT2D eigenvalue weighted by molar-refractivity contribution is 1.41. The van der Waals surface area contributed by atoms with Gasteiger partial charge in [0.25, 0.3) is 0 Å². The molecule has 19 heavy (non-hydrogen) atoms. The molecule has 0 bridgehead atoms. The molecule has 3 nitrogen and oxygen atoms in total. The molecule has 0 saturated heterocycles. The number of rotatable bonds is 2. The van der Waals surface area contributed by atoms with Crippen LogP contribution in [0, 0.1) is 6.92 Å². The van der Waals surface area contributed by atoms with Crippen molar-refractivity contribution in [3.05, 3.63) is 60.3 Å². The highest BCUT2D eigenvalue weighted by atomic mass is 14.9. The number of hydrogen-bond donors (Lipinski definition) is 2. The first-order chi connectivity index (χ1) is 9.24. The van der Waals surface area contributed by atoms with E-state index in [0.717, 1.165) is 22.3 Å². The molecule has 3 N–H and O–H groups in total. The van der Waals surface area contributed by atoms with Crippen molar-refractivity contribution in [2.24, 2.45) is 0 Å². The molecule has 0 fully saturated rings. The Labute approximate surface area is 112 Å². The van der Waals surface area contributed by atoms with E-state index in [1.54, 1.807) is 6.20 Å². The lowest BCUT2D eigenvalue weighted by Crippen LogP contribution is -1.95. The number of aromatic nitrogens is 1. The van der Waals surface area contributed by atoms with Crippen LogP contribution in [0.15, 0.2) is 54.7 Å². The van der Waals surface area contributed by atoms with Gasteiger partial charge < -0.3 is 11.1 Å². The van der Waals surface area contributed by atoms with Gasteiger partial charge in [0.05, 0.1) is 11.2 Å². The Kier molecular flexibility index (Phi) is 2.80. The van der Waals surface area contributed by atoms with Crippen LogP contribution in [0.4, 0.5) is 17.1 Å². The Balaban J connectivity index is 2.06. The summed E-state index contributed by atoms with van der Waals surface area (Å²) in [6.45, 7) is 2.08. The van der Waals surface area contributed by atoms with Crippen LogP contribution in [-0.4, -0.2) is 4.98 Å². The fourth-order valence-electron chi connectivity index (χ4n) is 2.10. The summed E-state index contributed by atoms with van der Waals surface area (Å²) in [5.41, 5.74) is 10.8. The molecule has 0 aliphatic heterocycles. The first-order valence-corrected chi connectivity index (χ1v) is 6.21. The van der Waals surface area contributed by atoms with Crippen molar-refractivity contribution < 1.29 is 0 Å². The smallest absolute Gasteiger partial charge is 0.0951 e. The summed E-state index contributed by atoms with van der Waals surface area (Å²) in [6.07, 6.45) is 1.76. The van der Waals surface area contributed by atoms with Gasteiger partial charge in [-0.2, -0.15) is 0 Å². The highest BCUT2D eigenvalue weighted by Gasteiger charge is 2.04. The van der Waals surface area contributed by atoms with Crippen molar-refractivity contribution in [1.29, 1.82) is 0 Å². The van der Waals surface area contributed by atoms with Crippen LogP contribution in [0.5, 0.6) is 0 Å². The molecule has 1 heterocycles. The van der Waals surface area contributed by atoms with E-state index < -0.39 is 0 Å². The Bertz CT molecular complexity index is 718. The number of hydrogen-bond acceptors (Lipinski definition) is 3. The van der Waals surface area contributed by atoms with Crippen molar-refractivity contribution >= 4 is 28.0 Å². The molecule has 0 aliphatic rings. The van der Waals surface area contributed by atoms with Crippen LogP contribution >= 0.6 is 0 Å². The third-order valence-corrected chi connectivity index (χ3v) is 3.13. The van der Waals surface area contributed by atoms with Crippen molar-refractivity contribution in [1.82, 2.24) is 4.98 Å². The van der Waals surface area contributed by atoms with E-state index >= 15 is 0 Å². The average Bonchev–Trinajstić information content (AvgIpc) is 2.45. The maximum absolute atomic E-state index is 5.95. The van der Waals surface area contributed by atoms with Gasteiger partial charge in [0.2, 0.25) is 0 Å². The number of nitrogens with one attached hydrogen (secondary N) is 1. The number of anilines is 3. The maximum atomic E-state index is 5.95. The Morgan fingerprint density at radius 2 is 1.79 bits per heavy atom. The largest absolute Gasteiger partial charge is 0.397 e.